The number of thioether (sulfide) groups is 1. The van der Waals surface area contributed by atoms with Gasteiger partial charge in [0.25, 0.3) is 5.91 Å². The molecule has 1 aliphatic heterocycles. The zero-order valence-corrected chi connectivity index (χ0v) is 19.5. The van der Waals surface area contributed by atoms with E-state index in [2.05, 4.69) is 6.92 Å². The van der Waals surface area contributed by atoms with E-state index in [0.29, 0.717) is 20.8 Å². The van der Waals surface area contributed by atoms with E-state index in [-0.39, 0.29) is 5.91 Å². The topological polar surface area (TPSA) is 38.1 Å². The number of hydrogen-bond donors (Lipinski definition) is 0. The number of rotatable bonds is 7. The predicted octanol–water partition coefficient (Wildman–Crippen LogP) is 6.58. The number of halogens is 1. The summed E-state index contributed by atoms with van der Waals surface area (Å²) in [7, 11) is 0. The molecule has 0 spiro atoms. The molecule has 2 heterocycles. The van der Waals surface area contributed by atoms with Crippen LogP contribution in [0.3, 0.4) is 0 Å². The van der Waals surface area contributed by atoms with Crippen LogP contribution in [0.25, 0.3) is 23.0 Å². The minimum atomic E-state index is -0.0272. The first-order valence-electron chi connectivity index (χ1n) is 10.2. The molecule has 158 valence electrons. The van der Waals surface area contributed by atoms with Crippen molar-refractivity contribution < 1.29 is 4.79 Å². The summed E-state index contributed by atoms with van der Waals surface area (Å²) in [6.07, 6.45) is 6.99. The summed E-state index contributed by atoms with van der Waals surface area (Å²) in [6, 6.07) is 17.5. The Labute approximate surface area is 196 Å². The highest BCUT2D eigenvalue weighted by Gasteiger charge is 2.31. The fourth-order valence-corrected chi connectivity index (χ4v) is 4.82. The van der Waals surface area contributed by atoms with Gasteiger partial charge in [0.05, 0.1) is 16.3 Å². The molecule has 7 heteroatoms. The van der Waals surface area contributed by atoms with Crippen molar-refractivity contribution in [3.8, 4) is 16.9 Å². The number of para-hydroxylation sites is 1. The van der Waals surface area contributed by atoms with Gasteiger partial charge in [0.2, 0.25) is 0 Å². The van der Waals surface area contributed by atoms with Crippen molar-refractivity contribution in [2.75, 3.05) is 6.54 Å². The van der Waals surface area contributed by atoms with Gasteiger partial charge < -0.3 is 0 Å². The molecule has 0 atom stereocenters. The number of amides is 1. The van der Waals surface area contributed by atoms with Crippen LogP contribution in [-0.2, 0) is 4.79 Å². The first-order valence-corrected chi connectivity index (χ1v) is 11.8. The molecule has 0 N–H and O–H groups in total. The lowest BCUT2D eigenvalue weighted by Crippen LogP contribution is -2.28. The summed E-state index contributed by atoms with van der Waals surface area (Å²) in [5.74, 6) is -0.0272. The van der Waals surface area contributed by atoms with E-state index in [4.69, 9.17) is 28.9 Å². The number of carbonyl (C=O) groups excluding carboxylic acids is 1. The Bertz CT molecular complexity index is 1120. The summed E-state index contributed by atoms with van der Waals surface area (Å²) in [4.78, 5) is 15.3. The molecule has 0 unspecified atom stereocenters. The van der Waals surface area contributed by atoms with Crippen LogP contribution in [0.15, 0.2) is 65.7 Å². The average Bonchev–Trinajstić information content (AvgIpc) is 3.31. The maximum absolute atomic E-state index is 13.0. The largest absolute Gasteiger partial charge is 0.293 e. The monoisotopic (exact) mass is 467 g/mol. The predicted molar refractivity (Wildman–Crippen MR) is 133 cm³/mol. The number of hydrogen-bond acceptors (Lipinski definition) is 4. The molecule has 1 fully saturated rings. The zero-order valence-electron chi connectivity index (χ0n) is 17.1. The standard InChI is InChI=1S/C24H22ClN3OS2/c1-2-3-7-14-27-23(29)21(31-24(27)30)15-18-16-28(20-8-5-4-6-9-20)26-22(18)17-10-12-19(25)13-11-17/h4-6,8-13,15-16H,2-3,7,14H2,1H3/b21-15+. The third-order valence-electron chi connectivity index (χ3n) is 5.03. The van der Waals surface area contributed by atoms with Crippen LogP contribution in [0.5, 0.6) is 0 Å². The number of aromatic nitrogens is 2. The Morgan fingerprint density at radius 2 is 1.84 bits per heavy atom. The van der Waals surface area contributed by atoms with Gasteiger partial charge >= 0.3 is 0 Å². The fraction of sp³-hybridized carbons (Fsp3) is 0.208. The van der Waals surface area contributed by atoms with Crippen LogP contribution in [0.1, 0.15) is 31.7 Å². The van der Waals surface area contributed by atoms with E-state index in [9.17, 15) is 4.79 Å². The van der Waals surface area contributed by atoms with Gasteiger partial charge in [-0.25, -0.2) is 4.68 Å². The van der Waals surface area contributed by atoms with Crippen molar-refractivity contribution in [1.82, 2.24) is 14.7 Å². The highest BCUT2D eigenvalue weighted by molar-refractivity contribution is 8.26. The molecular weight excluding hydrogens is 446 g/mol. The maximum Gasteiger partial charge on any atom is 0.266 e. The molecule has 0 saturated carbocycles. The van der Waals surface area contributed by atoms with Crippen LogP contribution in [0.2, 0.25) is 5.02 Å². The molecule has 1 aliphatic rings. The van der Waals surface area contributed by atoms with Gasteiger partial charge in [-0.2, -0.15) is 5.10 Å². The van der Waals surface area contributed by atoms with Crippen molar-refractivity contribution in [2.45, 2.75) is 26.2 Å². The lowest BCUT2D eigenvalue weighted by atomic mass is 10.1. The lowest BCUT2D eigenvalue weighted by Gasteiger charge is -2.13. The van der Waals surface area contributed by atoms with Crippen LogP contribution in [-0.4, -0.2) is 31.5 Å². The molecule has 4 nitrogen and oxygen atoms in total. The van der Waals surface area contributed by atoms with E-state index < -0.39 is 0 Å². The molecule has 0 aliphatic carbocycles. The summed E-state index contributed by atoms with van der Waals surface area (Å²) >= 11 is 12.9. The van der Waals surface area contributed by atoms with E-state index in [1.807, 2.05) is 71.6 Å². The van der Waals surface area contributed by atoms with Crippen molar-refractivity contribution in [3.05, 3.63) is 76.3 Å². The number of nitrogens with zero attached hydrogens (tertiary/aromatic N) is 3. The van der Waals surface area contributed by atoms with Crippen molar-refractivity contribution in [2.24, 2.45) is 0 Å². The molecule has 0 bridgehead atoms. The summed E-state index contributed by atoms with van der Waals surface area (Å²) in [6.45, 7) is 2.82. The minimum absolute atomic E-state index is 0.0272. The second kappa shape index (κ2) is 9.81. The van der Waals surface area contributed by atoms with Gasteiger partial charge in [-0.3, -0.25) is 9.69 Å². The maximum atomic E-state index is 13.0. The van der Waals surface area contributed by atoms with Crippen molar-refractivity contribution >= 4 is 51.9 Å². The van der Waals surface area contributed by atoms with Gasteiger partial charge in [0.15, 0.2) is 0 Å². The van der Waals surface area contributed by atoms with E-state index in [0.717, 1.165) is 41.8 Å². The molecule has 31 heavy (non-hydrogen) atoms. The van der Waals surface area contributed by atoms with Crippen LogP contribution >= 0.6 is 35.6 Å². The Kier molecular flexibility index (Phi) is 6.90. The minimum Gasteiger partial charge on any atom is -0.293 e. The third kappa shape index (κ3) is 4.92. The number of unbranched alkanes of at least 4 members (excludes halogenated alkanes) is 2. The first-order chi connectivity index (χ1) is 15.1. The first kappa shape index (κ1) is 21.8. The number of thiocarbonyl (C=S) groups is 1. The molecular formula is C24H22ClN3OS2. The van der Waals surface area contributed by atoms with E-state index in [1.54, 1.807) is 4.90 Å². The highest BCUT2D eigenvalue weighted by Crippen LogP contribution is 2.35. The molecule has 1 amide bonds. The summed E-state index contributed by atoms with van der Waals surface area (Å²) in [5, 5.41) is 5.48. The molecule has 2 aromatic carbocycles. The van der Waals surface area contributed by atoms with Gasteiger partial charge in [-0.1, -0.05) is 85.7 Å². The molecule has 3 aromatic rings. The summed E-state index contributed by atoms with van der Waals surface area (Å²) in [5.41, 5.74) is 3.53. The molecule has 4 rings (SSSR count). The highest BCUT2D eigenvalue weighted by atomic mass is 35.5. The Morgan fingerprint density at radius 3 is 2.55 bits per heavy atom. The summed E-state index contributed by atoms with van der Waals surface area (Å²) < 4.78 is 2.45. The normalized spacial score (nSPS) is 15.3. The second-order valence-corrected chi connectivity index (χ2v) is 9.37. The molecule has 0 radical (unpaired) electrons. The van der Waals surface area contributed by atoms with Crippen LogP contribution in [0.4, 0.5) is 0 Å². The van der Waals surface area contributed by atoms with Crippen molar-refractivity contribution in [3.63, 3.8) is 0 Å². The van der Waals surface area contributed by atoms with Gasteiger partial charge in [0.1, 0.15) is 4.32 Å². The molecule has 1 aromatic heterocycles. The smallest absolute Gasteiger partial charge is 0.266 e. The van der Waals surface area contributed by atoms with Gasteiger partial charge in [0, 0.05) is 28.9 Å². The Morgan fingerprint density at radius 1 is 1.10 bits per heavy atom. The second-order valence-electron chi connectivity index (χ2n) is 7.26. The van der Waals surface area contributed by atoms with Crippen LogP contribution in [0, 0.1) is 0 Å². The average molecular weight is 468 g/mol. The Balaban J connectivity index is 1.71. The van der Waals surface area contributed by atoms with E-state index in [1.165, 1.54) is 11.8 Å². The molecule has 1 saturated heterocycles. The van der Waals surface area contributed by atoms with Gasteiger partial charge in [-0.05, 0) is 36.8 Å². The van der Waals surface area contributed by atoms with E-state index >= 15 is 0 Å². The third-order valence-corrected chi connectivity index (χ3v) is 6.66. The number of carbonyl (C=O) groups is 1. The van der Waals surface area contributed by atoms with Crippen molar-refractivity contribution in [1.29, 1.82) is 0 Å². The number of benzene rings is 2. The van der Waals surface area contributed by atoms with Gasteiger partial charge in [-0.15, -0.1) is 0 Å². The quantitative estimate of drug-likeness (QED) is 0.223. The Hall–Kier alpha value is -2.41. The fourth-order valence-electron chi connectivity index (χ4n) is 3.39. The SMILES string of the molecule is CCCCCN1C(=O)/C(=C\c2cn(-c3ccccc3)nc2-c2ccc(Cl)cc2)SC1=S. The lowest BCUT2D eigenvalue weighted by molar-refractivity contribution is -0.122. The van der Waals surface area contributed by atoms with Crippen LogP contribution < -0.4 is 0 Å². The zero-order chi connectivity index (χ0) is 21.8.